The van der Waals surface area contributed by atoms with Crippen LogP contribution < -0.4 is 5.32 Å². The third kappa shape index (κ3) is 3.99. The van der Waals surface area contributed by atoms with Crippen LogP contribution in [0.2, 0.25) is 5.02 Å². The van der Waals surface area contributed by atoms with Gasteiger partial charge in [0.05, 0.1) is 0 Å². The number of carbonyl (C=O) groups excluding carboxylic acids is 2. The molecule has 0 fully saturated rings. The number of halogens is 3. The number of rotatable bonds is 4. The largest absolute Gasteiger partial charge is 0.381 e. The molecule has 5 nitrogen and oxygen atoms in total. The maximum Gasteiger partial charge on any atom is 0.261 e. The first-order valence-corrected chi connectivity index (χ1v) is 10.0. The second kappa shape index (κ2) is 8.16. The minimum Gasteiger partial charge on any atom is -0.381 e. The molecule has 1 N–H and O–H groups in total. The highest BCUT2D eigenvalue weighted by atomic mass is 35.5. The van der Waals surface area contributed by atoms with E-state index >= 15 is 0 Å². The van der Waals surface area contributed by atoms with Crippen LogP contribution in [0.4, 0.5) is 14.5 Å². The van der Waals surface area contributed by atoms with Crippen molar-refractivity contribution in [1.82, 2.24) is 0 Å². The van der Waals surface area contributed by atoms with E-state index < -0.39 is 28.7 Å². The molecule has 0 radical (unpaired) electrons. The maximum atomic E-state index is 13.8. The molecule has 0 saturated carbocycles. The number of ketones is 1. The number of nitrogens with zero attached hydrogens (tertiary/aromatic N) is 1. The Bertz CT molecular complexity index is 1250. The van der Waals surface area contributed by atoms with Crippen molar-refractivity contribution < 1.29 is 23.2 Å². The third-order valence-corrected chi connectivity index (χ3v) is 5.34. The quantitative estimate of drug-likeness (QED) is 0.556. The van der Waals surface area contributed by atoms with Crippen molar-refractivity contribution in [2.45, 2.75) is 19.4 Å². The summed E-state index contributed by atoms with van der Waals surface area (Å²) in [5, 5.41) is 6.83. The Balaban J connectivity index is 1.58. The molecule has 0 spiro atoms. The van der Waals surface area contributed by atoms with Gasteiger partial charge in [-0.1, -0.05) is 41.0 Å². The zero-order chi connectivity index (χ0) is 23.0. The molecule has 0 atom stereocenters. The molecule has 0 saturated heterocycles. The number of nitrogens with one attached hydrogen (secondary N) is 1. The van der Waals surface area contributed by atoms with E-state index in [0.29, 0.717) is 27.4 Å². The van der Waals surface area contributed by atoms with Crippen molar-refractivity contribution in [3.05, 3.63) is 88.4 Å². The van der Waals surface area contributed by atoms with Crippen molar-refractivity contribution in [3.63, 3.8) is 0 Å². The molecule has 1 heterocycles. The van der Waals surface area contributed by atoms with Crippen molar-refractivity contribution in [3.8, 4) is 11.1 Å². The lowest BCUT2D eigenvalue weighted by Crippen LogP contribution is -2.33. The lowest BCUT2D eigenvalue weighted by Gasteiger charge is -2.12. The molecule has 162 valence electrons. The van der Waals surface area contributed by atoms with Crippen LogP contribution in [0.5, 0.6) is 0 Å². The Labute approximate surface area is 187 Å². The van der Waals surface area contributed by atoms with E-state index in [1.807, 2.05) is 0 Å². The van der Waals surface area contributed by atoms with Gasteiger partial charge in [0.2, 0.25) is 5.78 Å². The van der Waals surface area contributed by atoms with E-state index in [4.69, 9.17) is 16.4 Å². The molecule has 0 aliphatic carbocycles. The Hall–Kier alpha value is -3.58. The fourth-order valence-corrected chi connectivity index (χ4v) is 3.47. The summed E-state index contributed by atoms with van der Waals surface area (Å²) in [7, 11) is 0. The molecule has 4 rings (SSSR count). The molecule has 0 bridgehead atoms. The number of oxime groups is 1. The van der Waals surface area contributed by atoms with Crippen LogP contribution in [0.1, 0.15) is 29.8 Å². The number of anilines is 1. The Morgan fingerprint density at radius 3 is 2.22 bits per heavy atom. The van der Waals surface area contributed by atoms with E-state index in [9.17, 15) is 18.4 Å². The average molecular weight is 455 g/mol. The molecular formula is C24H17ClF2N2O3. The van der Waals surface area contributed by atoms with Gasteiger partial charge in [-0.25, -0.2) is 8.78 Å². The fourth-order valence-electron chi connectivity index (χ4n) is 3.25. The van der Waals surface area contributed by atoms with Crippen LogP contribution in [0.3, 0.4) is 0 Å². The lowest BCUT2D eigenvalue weighted by atomic mass is 9.94. The van der Waals surface area contributed by atoms with Crippen molar-refractivity contribution in [2.75, 3.05) is 5.32 Å². The molecule has 0 aromatic heterocycles. The number of hydrogen-bond donors (Lipinski definition) is 1. The third-order valence-electron chi connectivity index (χ3n) is 5.01. The van der Waals surface area contributed by atoms with E-state index in [0.717, 1.165) is 12.1 Å². The first-order valence-electron chi connectivity index (χ1n) is 9.64. The van der Waals surface area contributed by atoms with Gasteiger partial charge < -0.3 is 10.2 Å². The summed E-state index contributed by atoms with van der Waals surface area (Å²) in [4.78, 5) is 30.0. The predicted molar refractivity (Wildman–Crippen MR) is 118 cm³/mol. The van der Waals surface area contributed by atoms with Crippen LogP contribution in [0, 0.1) is 11.6 Å². The van der Waals surface area contributed by atoms with Crippen molar-refractivity contribution >= 4 is 34.7 Å². The number of Topliss-reactive ketones (excluding diaryl/α,β-unsaturated/α-hetero) is 1. The van der Waals surface area contributed by atoms with E-state index in [-0.39, 0.29) is 11.5 Å². The van der Waals surface area contributed by atoms with Gasteiger partial charge in [0, 0.05) is 21.8 Å². The van der Waals surface area contributed by atoms with Crippen LogP contribution in [-0.2, 0) is 9.63 Å². The highest BCUT2D eigenvalue weighted by molar-refractivity contribution is 6.49. The standard InChI is InChI=1S/C24H17ClF2N2O3/c1-24(2)22(30)21(29-32-24)14-8-11-17(25)16(12-14)13-6-9-15(10-7-13)28-23(31)20-18(26)4-3-5-19(20)27/h3-12H,1-2H3,(H,28,31). The SMILES string of the molecule is CC1(C)ON=C(c2ccc(Cl)c(-c3ccc(NC(=O)c4c(F)cccc4F)cc3)c2)C1=O. The van der Waals surface area contributed by atoms with Gasteiger partial charge in [0.25, 0.3) is 5.91 Å². The molecule has 1 amide bonds. The second-order valence-electron chi connectivity index (χ2n) is 7.69. The van der Waals surface area contributed by atoms with Crippen molar-refractivity contribution in [2.24, 2.45) is 5.16 Å². The lowest BCUT2D eigenvalue weighted by molar-refractivity contribution is -0.128. The number of amides is 1. The smallest absolute Gasteiger partial charge is 0.261 e. The fraction of sp³-hybridized carbons (Fsp3) is 0.125. The van der Waals surface area contributed by atoms with Crippen LogP contribution in [0.25, 0.3) is 11.1 Å². The second-order valence-corrected chi connectivity index (χ2v) is 8.10. The number of hydrogen-bond acceptors (Lipinski definition) is 4. The first kappa shape index (κ1) is 21.6. The highest BCUT2D eigenvalue weighted by Crippen LogP contribution is 2.32. The Morgan fingerprint density at radius 1 is 1.00 bits per heavy atom. The topological polar surface area (TPSA) is 67.8 Å². The van der Waals surface area contributed by atoms with E-state index in [2.05, 4.69) is 10.5 Å². The minimum atomic E-state index is -1.02. The van der Waals surface area contributed by atoms with Gasteiger partial charge in [0.15, 0.2) is 11.3 Å². The number of benzene rings is 3. The van der Waals surface area contributed by atoms with Gasteiger partial charge in [-0.3, -0.25) is 9.59 Å². The summed E-state index contributed by atoms with van der Waals surface area (Å²) >= 11 is 6.36. The molecule has 1 aliphatic rings. The zero-order valence-corrected chi connectivity index (χ0v) is 17.8. The van der Waals surface area contributed by atoms with Gasteiger partial charge in [0.1, 0.15) is 17.2 Å². The highest BCUT2D eigenvalue weighted by Gasteiger charge is 2.40. The summed E-state index contributed by atoms with van der Waals surface area (Å²) in [6, 6.07) is 14.8. The van der Waals surface area contributed by atoms with Crippen LogP contribution in [-0.4, -0.2) is 23.0 Å². The molecule has 3 aromatic rings. The van der Waals surface area contributed by atoms with Gasteiger partial charge >= 0.3 is 0 Å². The summed E-state index contributed by atoms with van der Waals surface area (Å²) < 4.78 is 27.6. The van der Waals surface area contributed by atoms with Gasteiger partial charge in [-0.15, -0.1) is 0 Å². The van der Waals surface area contributed by atoms with E-state index in [1.165, 1.54) is 6.07 Å². The molecule has 3 aromatic carbocycles. The van der Waals surface area contributed by atoms with Crippen LogP contribution in [0.15, 0.2) is 65.8 Å². The monoisotopic (exact) mass is 454 g/mol. The maximum absolute atomic E-state index is 13.8. The molecule has 8 heteroatoms. The van der Waals surface area contributed by atoms with Gasteiger partial charge in [-0.05, 0) is 55.8 Å². The molecule has 1 aliphatic heterocycles. The molecule has 32 heavy (non-hydrogen) atoms. The summed E-state index contributed by atoms with van der Waals surface area (Å²) in [6.07, 6.45) is 0. The average Bonchev–Trinajstić information content (AvgIpc) is 3.02. The Morgan fingerprint density at radius 2 is 1.62 bits per heavy atom. The van der Waals surface area contributed by atoms with E-state index in [1.54, 1.807) is 56.3 Å². The summed E-state index contributed by atoms with van der Waals surface area (Å²) in [6.45, 7) is 3.28. The first-order chi connectivity index (χ1) is 15.2. The summed E-state index contributed by atoms with van der Waals surface area (Å²) in [5.41, 5.74) is 0.794. The van der Waals surface area contributed by atoms with Gasteiger partial charge in [-0.2, -0.15) is 0 Å². The Kier molecular flexibility index (Phi) is 5.52. The number of carbonyl (C=O) groups is 2. The minimum absolute atomic E-state index is 0.212. The normalized spacial score (nSPS) is 14.7. The zero-order valence-electron chi connectivity index (χ0n) is 17.1. The molecule has 0 unspecified atom stereocenters. The summed E-state index contributed by atoms with van der Waals surface area (Å²) in [5.74, 6) is -3.02. The van der Waals surface area contributed by atoms with Crippen LogP contribution >= 0.6 is 11.6 Å². The van der Waals surface area contributed by atoms with Crippen molar-refractivity contribution in [1.29, 1.82) is 0 Å². The predicted octanol–water partition coefficient (Wildman–Crippen LogP) is 5.62. The molecular weight excluding hydrogens is 438 g/mol.